The average Bonchev–Trinajstić information content (AvgIpc) is 2.85. The second-order valence-electron chi connectivity index (χ2n) is 7.80. The van der Waals surface area contributed by atoms with Crippen molar-refractivity contribution in [1.82, 2.24) is 4.90 Å². The van der Waals surface area contributed by atoms with Gasteiger partial charge in [-0.15, -0.1) is 0 Å². The Bertz CT molecular complexity index is 1170. The van der Waals surface area contributed by atoms with Gasteiger partial charge in [0, 0.05) is 19.6 Å². The van der Waals surface area contributed by atoms with Gasteiger partial charge in [0.2, 0.25) is 12.2 Å². The van der Waals surface area contributed by atoms with Gasteiger partial charge in [-0.1, -0.05) is 72.8 Å². The minimum Gasteiger partial charge on any atom is -0.423 e. The van der Waals surface area contributed by atoms with Crippen LogP contribution in [0.4, 0.5) is 0 Å². The lowest BCUT2D eigenvalue weighted by atomic mass is 10.1. The average molecular weight is 453 g/mol. The fraction of sp³-hybridized carbons (Fsp3) is 0.222. The molecular formula is C27H24N4O3. The lowest BCUT2D eigenvalue weighted by Crippen LogP contribution is -2.22. The third-order valence-corrected chi connectivity index (χ3v) is 5.15. The van der Waals surface area contributed by atoms with Crippen molar-refractivity contribution in [3.8, 4) is 6.26 Å². The van der Waals surface area contributed by atoms with Gasteiger partial charge in [0.1, 0.15) is 6.61 Å². The molecule has 170 valence electrons. The van der Waals surface area contributed by atoms with Gasteiger partial charge in [0.05, 0.1) is 13.1 Å². The Labute approximate surface area is 198 Å². The third-order valence-electron chi connectivity index (χ3n) is 5.15. The van der Waals surface area contributed by atoms with Gasteiger partial charge in [-0.3, -0.25) is 4.90 Å². The molecule has 0 aliphatic carbocycles. The van der Waals surface area contributed by atoms with Crippen LogP contribution in [0.3, 0.4) is 0 Å². The zero-order valence-electron chi connectivity index (χ0n) is 18.7. The summed E-state index contributed by atoms with van der Waals surface area (Å²) in [5, 5.41) is 8.69. The van der Waals surface area contributed by atoms with E-state index >= 15 is 0 Å². The highest BCUT2D eigenvalue weighted by molar-refractivity contribution is 5.35. The Morgan fingerprint density at radius 2 is 1.09 bits per heavy atom. The number of nitriles is 1. The summed E-state index contributed by atoms with van der Waals surface area (Å²) >= 11 is 0. The van der Waals surface area contributed by atoms with Crippen molar-refractivity contribution >= 4 is 12.2 Å². The van der Waals surface area contributed by atoms with Crippen LogP contribution in [0.15, 0.2) is 82.8 Å². The van der Waals surface area contributed by atoms with E-state index in [1.807, 2.05) is 72.8 Å². The molecule has 7 heteroatoms. The van der Waals surface area contributed by atoms with Crippen molar-refractivity contribution in [1.29, 1.82) is 5.26 Å². The first-order valence-electron chi connectivity index (χ1n) is 10.7. The van der Waals surface area contributed by atoms with Crippen LogP contribution in [-0.4, -0.2) is 17.1 Å². The molecule has 34 heavy (non-hydrogen) atoms. The van der Waals surface area contributed by atoms with Crippen LogP contribution in [0, 0.1) is 11.5 Å². The van der Waals surface area contributed by atoms with E-state index in [9.17, 15) is 9.59 Å². The molecule has 0 radical (unpaired) electrons. The Hall–Kier alpha value is -4.33. The molecule has 3 rings (SSSR count). The van der Waals surface area contributed by atoms with Gasteiger partial charge in [0.25, 0.3) is 6.26 Å². The predicted molar refractivity (Wildman–Crippen MR) is 126 cm³/mol. The number of nitrogens with zero attached hydrogens (tertiary/aromatic N) is 4. The van der Waals surface area contributed by atoms with Crippen molar-refractivity contribution in [2.45, 2.75) is 39.3 Å². The molecule has 0 aromatic heterocycles. The Morgan fingerprint density at radius 1 is 0.676 bits per heavy atom. The van der Waals surface area contributed by atoms with Crippen LogP contribution in [0.5, 0.6) is 0 Å². The molecule has 0 bridgehead atoms. The van der Waals surface area contributed by atoms with Crippen LogP contribution in [0.25, 0.3) is 0 Å². The third kappa shape index (κ3) is 7.98. The molecule has 0 saturated carbocycles. The van der Waals surface area contributed by atoms with Gasteiger partial charge in [-0.2, -0.15) is 5.26 Å². The van der Waals surface area contributed by atoms with E-state index in [-0.39, 0.29) is 6.61 Å². The minimum absolute atomic E-state index is 0.239. The van der Waals surface area contributed by atoms with Gasteiger partial charge >= 0.3 is 0 Å². The standard InChI is InChI=1S/C27H24N4O3/c28-19-34-18-27-9-3-8-26(12-27)17-31(15-24-6-1-4-22(10-24)13-29-20-32)16-25-7-2-5-23(11-25)14-30-21-33/h1-12H,13-18H2. The summed E-state index contributed by atoms with van der Waals surface area (Å²) in [6.45, 7) is 2.87. The summed E-state index contributed by atoms with van der Waals surface area (Å²) in [6.07, 6.45) is 4.88. The molecule has 7 nitrogen and oxygen atoms in total. The molecular weight excluding hydrogens is 428 g/mol. The van der Waals surface area contributed by atoms with E-state index in [1.165, 1.54) is 0 Å². The Morgan fingerprint density at radius 3 is 1.53 bits per heavy atom. The van der Waals surface area contributed by atoms with E-state index in [0.29, 0.717) is 32.7 Å². The number of carbonyl (C=O) groups excluding carboxylic acids is 2. The highest BCUT2D eigenvalue weighted by Gasteiger charge is 2.11. The highest BCUT2D eigenvalue weighted by Crippen LogP contribution is 2.18. The SMILES string of the molecule is N#COCc1cccc(CN(Cc2cccc(CN=C=O)c2)Cc2cccc(CN=C=O)c2)c1. The summed E-state index contributed by atoms with van der Waals surface area (Å²) in [5.74, 6) is 0. The summed E-state index contributed by atoms with van der Waals surface area (Å²) in [6, 6.07) is 23.9. The Kier molecular flexibility index (Phi) is 9.49. The molecule has 0 heterocycles. The number of isocyanates is 2. The normalized spacial score (nSPS) is 10.1. The molecule has 0 fully saturated rings. The smallest absolute Gasteiger partial charge is 0.286 e. The van der Waals surface area contributed by atoms with Crippen molar-refractivity contribution in [2.24, 2.45) is 9.98 Å². The van der Waals surface area contributed by atoms with Crippen LogP contribution in [0.1, 0.15) is 33.4 Å². The first-order chi connectivity index (χ1) is 16.7. The maximum atomic E-state index is 10.5. The fourth-order valence-electron chi connectivity index (χ4n) is 3.78. The zero-order valence-corrected chi connectivity index (χ0v) is 18.7. The van der Waals surface area contributed by atoms with Crippen LogP contribution < -0.4 is 0 Å². The lowest BCUT2D eigenvalue weighted by molar-refractivity contribution is 0.245. The number of benzene rings is 3. The minimum atomic E-state index is 0.239. The van der Waals surface area contributed by atoms with Crippen LogP contribution in [-0.2, 0) is 53.7 Å². The fourth-order valence-corrected chi connectivity index (χ4v) is 3.78. The summed E-state index contributed by atoms with van der Waals surface area (Å²) in [5.41, 5.74) is 6.13. The number of ether oxygens (including phenoxy) is 1. The first kappa shape index (κ1) is 24.3. The molecule has 0 atom stereocenters. The second kappa shape index (κ2) is 13.3. The molecule has 0 saturated heterocycles. The number of hydrogen-bond acceptors (Lipinski definition) is 7. The van der Waals surface area contributed by atoms with Crippen LogP contribution in [0.2, 0.25) is 0 Å². The molecule has 3 aromatic carbocycles. The molecule has 0 N–H and O–H groups in total. The van der Waals surface area contributed by atoms with E-state index in [0.717, 1.165) is 33.4 Å². The molecule has 0 unspecified atom stereocenters. The second-order valence-corrected chi connectivity index (χ2v) is 7.80. The number of aliphatic imine (C=N–C) groups is 2. The van der Waals surface area contributed by atoms with E-state index in [1.54, 1.807) is 18.4 Å². The molecule has 0 amide bonds. The molecule has 0 spiro atoms. The van der Waals surface area contributed by atoms with Crippen molar-refractivity contribution in [3.63, 3.8) is 0 Å². The van der Waals surface area contributed by atoms with Gasteiger partial charge in [-0.25, -0.2) is 19.6 Å². The summed E-state index contributed by atoms with van der Waals surface area (Å²) < 4.78 is 4.88. The van der Waals surface area contributed by atoms with E-state index < -0.39 is 0 Å². The molecule has 3 aromatic rings. The molecule has 0 aliphatic heterocycles. The Balaban J connectivity index is 1.83. The van der Waals surface area contributed by atoms with E-state index in [2.05, 4.69) is 14.9 Å². The molecule has 0 aliphatic rings. The van der Waals surface area contributed by atoms with E-state index in [4.69, 9.17) is 10.00 Å². The largest absolute Gasteiger partial charge is 0.423 e. The topological polar surface area (TPSA) is 95.1 Å². The lowest BCUT2D eigenvalue weighted by Gasteiger charge is -2.23. The van der Waals surface area contributed by atoms with Gasteiger partial charge in [0.15, 0.2) is 0 Å². The summed E-state index contributed by atoms with van der Waals surface area (Å²) in [4.78, 5) is 30.6. The van der Waals surface area contributed by atoms with Crippen LogP contribution >= 0.6 is 0 Å². The van der Waals surface area contributed by atoms with Gasteiger partial charge < -0.3 is 4.74 Å². The zero-order chi connectivity index (χ0) is 24.0. The van der Waals surface area contributed by atoms with Crippen molar-refractivity contribution in [3.05, 3.63) is 106 Å². The first-order valence-corrected chi connectivity index (χ1v) is 10.7. The van der Waals surface area contributed by atoms with Gasteiger partial charge in [-0.05, 0) is 33.4 Å². The maximum Gasteiger partial charge on any atom is 0.286 e. The highest BCUT2D eigenvalue weighted by atomic mass is 16.5. The quantitative estimate of drug-likeness (QED) is 0.228. The number of hydrogen-bond donors (Lipinski definition) is 0. The maximum absolute atomic E-state index is 10.5. The monoisotopic (exact) mass is 452 g/mol. The van der Waals surface area contributed by atoms with Crippen molar-refractivity contribution < 1.29 is 14.3 Å². The predicted octanol–water partition coefficient (Wildman–Crippen LogP) is 4.56. The number of rotatable bonds is 12. The van der Waals surface area contributed by atoms with Crippen molar-refractivity contribution in [2.75, 3.05) is 0 Å². The summed E-state index contributed by atoms with van der Waals surface area (Å²) in [7, 11) is 0.